The summed E-state index contributed by atoms with van der Waals surface area (Å²) in [6.07, 6.45) is 5.17. The van der Waals surface area contributed by atoms with E-state index in [4.69, 9.17) is 4.74 Å². The zero-order valence-electron chi connectivity index (χ0n) is 10.4. The minimum atomic E-state index is -0.277. The molecule has 2 aromatic rings. The van der Waals surface area contributed by atoms with Gasteiger partial charge < -0.3 is 4.74 Å². The molecule has 0 radical (unpaired) electrons. The number of ether oxygens (including phenoxy) is 1. The molecule has 3 rings (SSSR count). The Kier molecular flexibility index (Phi) is 3.66. The molecule has 0 spiro atoms. The van der Waals surface area contributed by atoms with E-state index in [0.717, 1.165) is 37.1 Å². The van der Waals surface area contributed by atoms with Crippen LogP contribution >= 0.6 is 15.9 Å². The zero-order chi connectivity index (χ0) is 13.2. The quantitative estimate of drug-likeness (QED) is 0.829. The molecule has 1 aromatic heterocycles. The van der Waals surface area contributed by atoms with E-state index in [1.54, 1.807) is 6.07 Å². The molecule has 2 heterocycles. The Morgan fingerprint density at radius 2 is 2.21 bits per heavy atom. The number of hydrogen-bond acceptors (Lipinski definition) is 2. The average molecular weight is 325 g/mol. The lowest BCUT2D eigenvalue weighted by atomic mass is 10.1. The number of benzene rings is 1. The number of hydrogen-bond donors (Lipinski definition) is 0. The SMILES string of the molecule is Fc1cc(-c2ccn(C3CCCCO3)n2)ccc1Br. The molecule has 0 saturated carbocycles. The van der Waals surface area contributed by atoms with Crippen molar-refractivity contribution in [2.24, 2.45) is 0 Å². The molecule has 100 valence electrons. The topological polar surface area (TPSA) is 27.1 Å². The first kappa shape index (κ1) is 12.8. The molecule has 1 aliphatic rings. The van der Waals surface area contributed by atoms with Gasteiger partial charge in [0.2, 0.25) is 0 Å². The molecule has 1 atom stereocenters. The van der Waals surface area contributed by atoms with Crippen LogP contribution < -0.4 is 0 Å². The minimum Gasteiger partial charge on any atom is -0.357 e. The first-order valence-corrected chi connectivity index (χ1v) is 7.15. The summed E-state index contributed by atoms with van der Waals surface area (Å²) < 4.78 is 21.5. The Morgan fingerprint density at radius 1 is 1.32 bits per heavy atom. The minimum absolute atomic E-state index is 0.0165. The highest BCUT2D eigenvalue weighted by molar-refractivity contribution is 9.10. The first-order valence-electron chi connectivity index (χ1n) is 6.36. The van der Waals surface area contributed by atoms with Gasteiger partial charge in [-0.15, -0.1) is 0 Å². The van der Waals surface area contributed by atoms with E-state index in [-0.39, 0.29) is 12.0 Å². The van der Waals surface area contributed by atoms with E-state index in [9.17, 15) is 4.39 Å². The van der Waals surface area contributed by atoms with E-state index in [0.29, 0.717) is 4.47 Å². The monoisotopic (exact) mass is 324 g/mol. The van der Waals surface area contributed by atoms with Crippen LogP contribution in [0.3, 0.4) is 0 Å². The molecule has 19 heavy (non-hydrogen) atoms. The smallest absolute Gasteiger partial charge is 0.150 e. The third-order valence-corrected chi connectivity index (χ3v) is 3.92. The maximum Gasteiger partial charge on any atom is 0.150 e. The first-order chi connectivity index (χ1) is 9.24. The van der Waals surface area contributed by atoms with Gasteiger partial charge in [0.15, 0.2) is 0 Å². The lowest BCUT2D eigenvalue weighted by molar-refractivity contribution is -0.0393. The Balaban J connectivity index is 1.85. The molecule has 1 aromatic carbocycles. The van der Waals surface area contributed by atoms with Crippen molar-refractivity contribution in [1.82, 2.24) is 9.78 Å². The van der Waals surface area contributed by atoms with Crippen LogP contribution in [0, 0.1) is 5.82 Å². The zero-order valence-corrected chi connectivity index (χ0v) is 11.9. The van der Waals surface area contributed by atoms with Crippen molar-refractivity contribution < 1.29 is 9.13 Å². The van der Waals surface area contributed by atoms with Crippen molar-refractivity contribution in [2.75, 3.05) is 6.61 Å². The summed E-state index contributed by atoms with van der Waals surface area (Å²) in [5.74, 6) is -0.277. The van der Waals surface area contributed by atoms with Crippen LogP contribution in [0.2, 0.25) is 0 Å². The molecular formula is C14H14BrFN2O. The number of rotatable bonds is 2. The molecule has 5 heteroatoms. The van der Waals surface area contributed by atoms with Gasteiger partial charge in [0.1, 0.15) is 12.0 Å². The molecule has 1 fully saturated rings. The van der Waals surface area contributed by atoms with E-state index in [1.165, 1.54) is 6.07 Å². The standard InChI is InChI=1S/C14H14BrFN2O/c15-11-5-4-10(9-12(11)16)13-6-7-18(17-13)14-3-1-2-8-19-14/h4-7,9,14H,1-3,8H2. The third-order valence-electron chi connectivity index (χ3n) is 3.27. The van der Waals surface area contributed by atoms with Crippen LogP contribution in [-0.4, -0.2) is 16.4 Å². The molecular weight excluding hydrogens is 311 g/mol. The van der Waals surface area contributed by atoms with Gasteiger partial charge in [-0.25, -0.2) is 9.07 Å². The molecule has 1 unspecified atom stereocenters. The van der Waals surface area contributed by atoms with Crippen LogP contribution in [0.15, 0.2) is 34.9 Å². The normalized spacial score (nSPS) is 19.6. The number of nitrogens with zero attached hydrogens (tertiary/aromatic N) is 2. The summed E-state index contributed by atoms with van der Waals surface area (Å²) in [5.41, 5.74) is 1.54. The van der Waals surface area contributed by atoms with Gasteiger partial charge >= 0.3 is 0 Å². The fourth-order valence-electron chi connectivity index (χ4n) is 2.24. The van der Waals surface area contributed by atoms with Crippen LogP contribution in [0.5, 0.6) is 0 Å². The summed E-state index contributed by atoms with van der Waals surface area (Å²) in [6, 6.07) is 6.92. The van der Waals surface area contributed by atoms with Gasteiger partial charge in [-0.05, 0) is 53.4 Å². The van der Waals surface area contributed by atoms with Crippen LogP contribution in [0.25, 0.3) is 11.3 Å². The van der Waals surface area contributed by atoms with E-state index < -0.39 is 0 Å². The Hall–Kier alpha value is -1.20. The molecule has 0 aliphatic carbocycles. The van der Waals surface area contributed by atoms with Crippen LogP contribution in [-0.2, 0) is 4.74 Å². The summed E-state index contributed by atoms with van der Waals surface area (Å²) in [4.78, 5) is 0. The highest BCUT2D eigenvalue weighted by Gasteiger charge is 2.17. The van der Waals surface area contributed by atoms with Crippen molar-refractivity contribution >= 4 is 15.9 Å². The maximum atomic E-state index is 13.5. The average Bonchev–Trinajstić information content (AvgIpc) is 2.93. The largest absolute Gasteiger partial charge is 0.357 e. The van der Waals surface area contributed by atoms with Crippen molar-refractivity contribution in [3.63, 3.8) is 0 Å². The highest BCUT2D eigenvalue weighted by atomic mass is 79.9. The Morgan fingerprint density at radius 3 is 2.95 bits per heavy atom. The van der Waals surface area contributed by atoms with E-state index in [1.807, 2.05) is 23.0 Å². The van der Waals surface area contributed by atoms with Crippen LogP contribution in [0.1, 0.15) is 25.5 Å². The van der Waals surface area contributed by atoms with Crippen molar-refractivity contribution in [1.29, 1.82) is 0 Å². The molecule has 0 bridgehead atoms. The van der Waals surface area contributed by atoms with Gasteiger partial charge in [-0.2, -0.15) is 5.10 Å². The van der Waals surface area contributed by atoms with Gasteiger partial charge in [0.05, 0.1) is 10.2 Å². The highest BCUT2D eigenvalue weighted by Crippen LogP contribution is 2.26. The predicted octanol–water partition coefficient (Wildman–Crippen LogP) is 4.15. The fraction of sp³-hybridized carbons (Fsp3) is 0.357. The maximum absolute atomic E-state index is 13.5. The second-order valence-electron chi connectivity index (χ2n) is 4.63. The summed E-state index contributed by atoms with van der Waals surface area (Å²) >= 11 is 3.15. The molecule has 1 aliphatic heterocycles. The molecule has 0 amide bonds. The summed E-state index contributed by atoms with van der Waals surface area (Å²) in [7, 11) is 0. The van der Waals surface area contributed by atoms with Crippen molar-refractivity contribution in [2.45, 2.75) is 25.5 Å². The predicted molar refractivity (Wildman–Crippen MR) is 74.2 cm³/mol. The van der Waals surface area contributed by atoms with Crippen LogP contribution in [0.4, 0.5) is 4.39 Å². The molecule has 1 saturated heterocycles. The van der Waals surface area contributed by atoms with Gasteiger partial charge in [0, 0.05) is 18.4 Å². The lowest BCUT2D eigenvalue weighted by Gasteiger charge is -2.22. The summed E-state index contributed by atoms with van der Waals surface area (Å²) in [5, 5.41) is 4.48. The summed E-state index contributed by atoms with van der Waals surface area (Å²) in [6.45, 7) is 0.784. The van der Waals surface area contributed by atoms with Crippen molar-refractivity contribution in [3.8, 4) is 11.3 Å². The molecule has 0 N–H and O–H groups in total. The second-order valence-corrected chi connectivity index (χ2v) is 5.49. The number of halogens is 2. The third kappa shape index (κ3) is 2.72. The lowest BCUT2D eigenvalue weighted by Crippen LogP contribution is -2.18. The second kappa shape index (κ2) is 5.43. The Bertz CT molecular complexity index is 579. The van der Waals surface area contributed by atoms with E-state index in [2.05, 4.69) is 21.0 Å². The Labute approximate surface area is 119 Å². The van der Waals surface area contributed by atoms with Gasteiger partial charge in [-0.1, -0.05) is 6.07 Å². The van der Waals surface area contributed by atoms with Gasteiger partial charge in [0.25, 0.3) is 0 Å². The fourth-order valence-corrected chi connectivity index (χ4v) is 2.49. The molecule has 3 nitrogen and oxygen atoms in total. The van der Waals surface area contributed by atoms with Gasteiger partial charge in [-0.3, -0.25) is 0 Å². The van der Waals surface area contributed by atoms with Crippen molar-refractivity contribution in [3.05, 3.63) is 40.8 Å². The number of aromatic nitrogens is 2. The van der Waals surface area contributed by atoms with E-state index >= 15 is 0 Å².